The SMILES string of the molecule is CC1(C)CN(c2cc(N)ncn2)CCS1. The molecule has 0 amide bonds. The Hall–Kier alpha value is -0.970. The molecule has 0 atom stereocenters. The summed E-state index contributed by atoms with van der Waals surface area (Å²) in [4.78, 5) is 10.4. The van der Waals surface area contributed by atoms with Crippen LogP contribution in [-0.4, -0.2) is 33.6 Å². The van der Waals surface area contributed by atoms with Crippen LogP contribution in [0.3, 0.4) is 0 Å². The molecule has 4 nitrogen and oxygen atoms in total. The highest BCUT2D eigenvalue weighted by molar-refractivity contribution is 8.00. The van der Waals surface area contributed by atoms with Gasteiger partial charge in [-0.2, -0.15) is 11.8 Å². The highest BCUT2D eigenvalue weighted by Gasteiger charge is 2.27. The highest BCUT2D eigenvalue weighted by atomic mass is 32.2. The van der Waals surface area contributed by atoms with Crippen LogP contribution in [0.15, 0.2) is 12.4 Å². The molecule has 0 aliphatic carbocycles. The summed E-state index contributed by atoms with van der Waals surface area (Å²) in [7, 11) is 0. The maximum atomic E-state index is 5.65. The van der Waals surface area contributed by atoms with Crippen molar-refractivity contribution in [2.45, 2.75) is 18.6 Å². The number of aromatic nitrogens is 2. The van der Waals surface area contributed by atoms with Crippen molar-refractivity contribution in [3.05, 3.63) is 12.4 Å². The Labute approximate surface area is 94.3 Å². The minimum absolute atomic E-state index is 0.290. The van der Waals surface area contributed by atoms with Crippen LogP contribution in [0, 0.1) is 0 Å². The fourth-order valence-electron chi connectivity index (χ4n) is 1.75. The van der Waals surface area contributed by atoms with Gasteiger partial charge in [-0.15, -0.1) is 0 Å². The van der Waals surface area contributed by atoms with E-state index in [-0.39, 0.29) is 4.75 Å². The Morgan fingerprint density at radius 1 is 1.47 bits per heavy atom. The lowest BCUT2D eigenvalue weighted by atomic mass is 10.2. The molecule has 0 spiro atoms. The van der Waals surface area contributed by atoms with Gasteiger partial charge >= 0.3 is 0 Å². The molecule has 1 aromatic rings. The Bertz CT molecular complexity index is 353. The van der Waals surface area contributed by atoms with Crippen LogP contribution in [0.4, 0.5) is 11.6 Å². The van der Waals surface area contributed by atoms with Gasteiger partial charge in [0, 0.05) is 29.7 Å². The standard InChI is InChI=1S/C10H16N4S/c1-10(2)6-14(3-4-15-10)9-5-8(11)12-7-13-9/h5,7H,3-4,6H2,1-2H3,(H2,11,12,13). The van der Waals surface area contributed by atoms with E-state index < -0.39 is 0 Å². The second-order valence-electron chi connectivity index (χ2n) is 4.33. The van der Waals surface area contributed by atoms with Crippen LogP contribution >= 0.6 is 11.8 Å². The number of nitrogen functional groups attached to an aromatic ring is 1. The van der Waals surface area contributed by atoms with Gasteiger partial charge in [0.25, 0.3) is 0 Å². The average Bonchev–Trinajstić information content (AvgIpc) is 2.16. The average molecular weight is 224 g/mol. The second-order valence-corrected chi connectivity index (χ2v) is 6.13. The summed E-state index contributed by atoms with van der Waals surface area (Å²) in [5, 5.41) is 0. The van der Waals surface area contributed by atoms with Crippen molar-refractivity contribution >= 4 is 23.4 Å². The third-order valence-corrected chi connectivity index (χ3v) is 3.72. The molecular weight excluding hydrogens is 208 g/mol. The highest BCUT2D eigenvalue weighted by Crippen LogP contribution is 2.31. The molecule has 0 bridgehead atoms. The monoisotopic (exact) mass is 224 g/mol. The largest absolute Gasteiger partial charge is 0.384 e. The van der Waals surface area contributed by atoms with Gasteiger partial charge in [-0.25, -0.2) is 9.97 Å². The maximum Gasteiger partial charge on any atom is 0.134 e. The van der Waals surface area contributed by atoms with Crippen molar-refractivity contribution in [3.63, 3.8) is 0 Å². The molecule has 2 heterocycles. The zero-order valence-electron chi connectivity index (χ0n) is 9.10. The summed E-state index contributed by atoms with van der Waals surface area (Å²) in [5.74, 6) is 2.61. The number of rotatable bonds is 1. The van der Waals surface area contributed by atoms with E-state index in [0.29, 0.717) is 5.82 Å². The summed E-state index contributed by atoms with van der Waals surface area (Å²) in [5.41, 5.74) is 5.65. The van der Waals surface area contributed by atoms with Gasteiger partial charge in [-0.05, 0) is 13.8 Å². The number of nitrogens with zero attached hydrogens (tertiary/aromatic N) is 3. The molecule has 1 aliphatic rings. The molecule has 1 aromatic heterocycles. The molecule has 1 aliphatic heterocycles. The summed E-state index contributed by atoms with van der Waals surface area (Å²) in [6.07, 6.45) is 1.53. The van der Waals surface area contributed by atoms with Crippen LogP contribution in [0.25, 0.3) is 0 Å². The lowest BCUT2D eigenvalue weighted by Gasteiger charge is -2.38. The van der Waals surface area contributed by atoms with Gasteiger partial charge in [0.15, 0.2) is 0 Å². The Balaban J connectivity index is 2.17. The number of anilines is 2. The van der Waals surface area contributed by atoms with Crippen LogP contribution in [0.5, 0.6) is 0 Å². The molecule has 5 heteroatoms. The molecule has 15 heavy (non-hydrogen) atoms. The molecule has 82 valence electrons. The second kappa shape index (κ2) is 3.89. The van der Waals surface area contributed by atoms with Crippen LogP contribution in [0.2, 0.25) is 0 Å². The van der Waals surface area contributed by atoms with Crippen molar-refractivity contribution < 1.29 is 0 Å². The molecular formula is C10H16N4S. The van der Waals surface area contributed by atoms with Crippen molar-refractivity contribution in [1.82, 2.24) is 9.97 Å². The van der Waals surface area contributed by atoms with Crippen molar-refractivity contribution in [2.24, 2.45) is 0 Å². The molecule has 2 N–H and O–H groups in total. The summed E-state index contributed by atoms with van der Waals surface area (Å²) >= 11 is 2.01. The van der Waals surface area contributed by atoms with Gasteiger partial charge in [0.05, 0.1) is 0 Å². The maximum absolute atomic E-state index is 5.65. The fourth-order valence-corrected chi connectivity index (χ4v) is 2.86. The molecule has 1 saturated heterocycles. The zero-order chi connectivity index (χ0) is 10.9. The third kappa shape index (κ3) is 2.53. The third-order valence-electron chi connectivity index (χ3n) is 2.42. The van der Waals surface area contributed by atoms with E-state index in [9.17, 15) is 0 Å². The Kier molecular flexibility index (Phi) is 2.73. The lowest BCUT2D eigenvalue weighted by Crippen LogP contribution is -2.43. The first-order chi connectivity index (χ1) is 7.07. The summed E-state index contributed by atoms with van der Waals surface area (Å²) < 4.78 is 0.290. The molecule has 0 radical (unpaired) electrons. The first kappa shape index (κ1) is 10.5. The summed E-state index contributed by atoms with van der Waals surface area (Å²) in [6, 6.07) is 1.84. The number of hydrogen-bond donors (Lipinski definition) is 1. The number of nitrogens with two attached hydrogens (primary N) is 1. The topological polar surface area (TPSA) is 55.0 Å². The van der Waals surface area contributed by atoms with Crippen molar-refractivity contribution in [2.75, 3.05) is 29.5 Å². The van der Waals surface area contributed by atoms with Crippen LogP contribution < -0.4 is 10.6 Å². The minimum Gasteiger partial charge on any atom is -0.384 e. The molecule has 2 rings (SSSR count). The molecule has 0 unspecified atom stereocenters. The van der Waals surface area contributed by atoms with Gasteiger partial charge < -0.3 is 10.6 Å². The van der Waals surface area contributed by atoms with Gasteiger partial charge in [0.1, 0.15) is 18.0 Å². The first-order valence-electron chi connectivity index (χ1n) is 5.03. The van der Waals surface area contributed by atoms with E-state index >= 15 is 0 Å². The normalized spacial score (nSPS) is 20.3. The van der Waals surface area contributed by atoms with Crippen LogP contribution in [-0.2, 0) is 0 Å². The van der Waals surface area contributed by atoms with Crippen molar-refractivity contribution in [3.8, 4) is 0 Å². The number of hydrogen-bond acceptors (Lipinski definition) is 5. The predicted molar refractivity (Wildman–Crippen MR) is 65.2 cm³/mol. The van der Waals surface area contributed by atoms with Gasteiger partial charge in [-0.3, -0.25) is 0 Å². The Morgan fingerprint density at radius 3 is 2.93 bits per heavy atom. The van der Waals surface area contributed by atoms with E-state index in [4.69, 9.17) is 5.73 Å². The Morgan fingerprint density at radius 2 is 2.27 bits per heavy atom. The summed E-state index contributed by atoms with van der Waals surface area (Å²) in [6.45, 7) is 6.56. The van der Waals surface area contributed by atoms with E-state index in [1.54, 1.807) is 0 Å². The number of thioether (sulfide) groups is 1. The lowest BCUT2D eigenvalue weighted by molar-refractivity contribution is 0.642. The van der Waals surface area contributed by atoms with Gasteiger partial charge in [0.2, 0.25) is 0 Å². The first-order valence-corrected chi connectivity index (χ1v) is 6.02. The van der Waals surface area contributed by atoms with E-state index in [2.05, 4.69) is 28.7 Å². The zero-order valence-corrected chi connectivity index (χ0v) is 9.92. The minimum atomic E-state index is 0.290. The van der Waals surface area contributed by atoms with E-state index in [1.165, 1.54) is 6.33 Å². The smallest absolute Gasteiger partial charge is 0.134 e. The van der Waals surface area contributed by atoms with Crippen LogP contribution in [0.1, 0.15) is 13.8 Å². The molecule has 1 fully saturated rings. The van der Waals surface area contributed by atoms with Crippen molar-refractivity contribution in [1.29, 1.82) is 0 Å². The molecule has 0 saturated carbocycles. The molecule has 0 aromatic carbocycles. The van der Waals surface area contributed by atoms with E-state index in [1.807, 2.05) is 17.8 Å². The predicted octanol–water partition coefficient (Wildman–Crippen LogP) is 1.39. The van der Waals surface area contributed by atoms with Gasteiger partial charge in [-0.1, -0.05) is 0 Å². The quantitative estimate of drug-likeness (QED) is 0.781. The fraction of sp³-hybridized carbons (Fsp3) is 0.600. The van der Waals surface area contributed by atoms with E-state index in [0.717, 1.165) is 24.7 Å².